The number of carbonyl (C=O) groups excluding carboxylic acids is 2. The maximum atomic E-state index is 12.8. The Balaban J connectivity index is 1.81. The molecule has 8 bridgehead atoms. The Labute approximate surface area is 271 Å². The third-order valence-corrected chi connectivity index (χ3v) is 9.22. The number of nitrogens with zero attached hydrogens (tertiary/aromatic N) is 2. The number of hydrogen-bond donors (Lipinski definition) is 3. The zero-order valence-corrected chi connectivity index (χ0v) is 28.0. The van der Waals surface area contributed by atoms with Gasteiger partial charge in [-0.1, -0.05) is 38.7 Å². The standard InChI is InChI=1S/C39H45N5O2/c1-9-12-17-40-39(46)16-15-30-26(8)32-18-31-23(5)27(10-2)35(41-31)19-33-24(6)28(11-3)36(42-33)20-34-25(7)29(14-13-22(4)45)37(44-34)21-38(30)43-32/h10-11,18-21,41-42H,2-3,9,12-17H2,1,4-8H3,(H,40,46). The predicted octanol–water partition coefficient (Wildman–Crippen LogP) is 9.14. The quantitative estimate of drug-likeness (QED) is 0.187. The first-order valence-corrected chi connectivity index (χ1v) is 16.2. The van der Waals surface area contributed by atoms with Crippen molar-refractivity contribution in [3.05, 3.63) is 82.5 Å². The Morgan fingerprint density at radius 3 is 1.76 bits per heavy atom. The van der Waals surface area contributed by atoms with E-state index in [0.717, 1.165) is 102 Å². The molecule has 2 aliphatic rings. The SMILES string of the molecule is C=Cc1c(C)c2cc3[nH]c(cc4nc(cc5nc(cc1[nH]2)C(C)=C5CCC(C)=O)C(CCC(=O)NCCCC)=C4C)c(C)c3C=C. The number of carbonyl (C=O) groups is 2. The van der Waals surface area contributed by atoms with Crippen molar-refractivity contribution in [1.82, 2.24) is 25.3 Å². The lowest BCUT2D eigenvalue weighted by Crippen LogP contribution is -2.23. The molecule has 3 aromatic heterocycles. The minimum atomic E-state index is 0.0414. The van der Waals surface area contributed by atoms with Gasteiger partial charge in [0.1, 0.15) is 5.78 Å². The van der Waals surface area contributed by atoms with Gasteiger partial charge in [-0.15, -0.1) is 0 Å². The van der Waals surface area contributed by atoms with Gasteiger partial charge in [0.05, 0.1) is 22.8 Å². The van der Waals surface area contributed by atoms with Crippen LogP contribution in [0.5, 0.6) is 0 Å². The van der Waals surface area contributed by atoms with Gasteiger partial charge >= 0.3 is 0 Å². The molecule has 46 heavy (non-hydrogen) atoms. The van der Waals surface area contributed by atoms with Crippen molar-refractivity contribution in [2.45, 2.75) is 80.1 Å². The van der Waals surface area contributed by atoms with E-state index in [1.807, 2.05) is 18.2 Å². The summed E-state index contributed by atoms with van der Waals surface area (Å²) in [4.78, 5) is 42.3. The van der Waals surface area contributed by atoms with E-state index < -0.39 is 0 Å². The summed E-state index contributed by atoms with van der Waals surface area (Å²) in [6.45, 7) is 21.0. The van der Waals surface area contributed by atoms with Gasteiger partial charge in [-0.25, -0.2) is 9.97 Å². The molecule has 3 aromatic rings. The van der Waals surface area contributed by atoms with Crippen LogP contribution in [0.15, 0.2) is 37.4 Å². The summed E-state index contributed by atoms with van der Waals surface area (Å²) in [5.74, 6) is 0.178. The summed E-state index contributed by atoms with van der Waals surface area (Å²) in [5, 5.41) is 3.05. The molecular weight excluding hydrogens is 570 g/mol. The van der Waals surface area contributed by atoms with Crippen molar-refractivity contribution in [2.24, 2.45) is 0 Å². The minimum Gasteiger partial charge on any atom is -0.356 e. The maximum absolute atomic E-state index is 12.8. The third-order valence-electron chi connectivity index (χ3n) is 9.22. The molecule has 0 radical (unpaired) electrons. The number of H-pyrrole nitrogens is 2. The first-order valence-electron chi connectivity index (χ1n) is 16.2. The summed E-state index contributed by atoms with van der Waals surface area (Å²) in [5.41, 5.74) is 15.5. The number of ketones is 1. The van der Waals surface area contributed by atoms with E-state index in [1.54, 1.807) is 6.92 Å². The van der Waals surface area contributed by atoms with Gasteiger partial charge in [-0.3, -0.25) is 4.79 Å². The maximum Gasteiger partial charge on any atom is 0.220 e. The van der Waals surface area contributed by atoms with Crippen LogP contribution in [-0.4, -0.2) is 38.2 Å². The molecule has 238 valence electrons. The first kappa shape index (κ1) is 32.6. The molecule has 1 amide bonds. The molecule has 0 fully saturated rings. The largest absolute Gasteiger partial charge is 0.356 e. The number of Topliss-reactive ketones (excluding diaryl/α,β-unsaturated/α-hetero) is 1. The number of fused-ring (bicyclic) bond motifs is 8. The smallest absolute Gasteiger partial charge is 0.220 e. The van der Waals surface area contributed by atoms with Crippen molar-refractivity contribution >= 4 is 68.2 Å². The van der Waals surface area contributed by atoms with E-state index in [-0.39, 0.29) is 11.7 Å². The Morgan fingerprint density at radius 2 is 1.24 bits per heavy atom. The van der Waals surface area contributed by atoms with Gasteiger partial charge in [0, 0.05) is 52.6 Å². The van der Waals surface area contributed by atoms with Gasteiger partial charge in [-0.2, -0.15) is 0 Å². The van der Waals surface area contributed by atoms with Gasteiger partial charge in [0.25, 0.3) is 0 Å². The second-order valence-electron chi connectivity index (χ2n) is 12.3. The number of hydrogen-bond acceptors (Lipinski definition) is 4. The number of rotatable bonds is 11. The van der Waals surface area contributed by atoms with E-state index in [4.69, 9.17) is 9.97 Å². The van der Waals surface area contributed by atoms with Crippen LogP contribution < -0.4 is 5.32 Å². The van der Waals surface area contributed by atoms with Gasteiger partial charge in [-0.05, 0) is 112 Å². The average Bonchev–Trinajstić information content (AvgIpc) is 3.68. The average molecular weight is 616 g/mol. The third kappa shape index (κ3) is 6.45. The Hall–Kier alpha value is -4.78. The molecule has 0 saturated carbocycles. The second-order valence-corrected chi connectivity index (χ2v) is 12.3. The van der Waals surface area contributed by atoms with Crippen LogP contribution in [0.1, 0.15) is 111 Å². The zero-order chi connectivity index (χ0) is 33.1. The van der Waals surface area contributed by atoms with Crippen LogP contribution in [0.4, 0.5) is 0 Å². The minimum absolute atomic E-state index is 0.0414. The van der Waals surface area contributed by atoms with Crippen LogP contribution in [0, 0.1) is 13.8 Å². The molecule has 7 nitrogen and oxygen atoms in total. The Morgan fingerprint density at radius 1 is 0.739 bits per heavy atom. The molecule has 0 saturated heterocycles. The number of nitrogens with one attached hydrogen (secondary N) is 3. The molecular formula is C39H45N5O2. The van der Waals surface area contributed by atoms with Gasteiger partial charge in [0.15, 0.2) is 0 Å². The van der Waals surface area contributed by atoms with Crippen molar-refractivity contribution in [3.63, 3.8) is 0 Å². The van der Waals surface area contributed by atoms with E-state index in [2.05, 4.69) is 81.3 Å². The lowest BCUT2D eigenvalue weighted by molar-refractivity contribution is -0.121. The highest BCUT2D eigenvalue weighted by atomic mass is 16.1. The lowest BCUT2D eigenvalue weighted by atomic mass is 9.97. The van der Waals surface area contributed by atoms with E-state index >= 15 is 0 Å². The normalized spacial score (nSPS) is 12.9. The molecule has 2 aliphatic heterocycles. The summed E-state index contributed by atoms with van der Waals surface area (Å²) in [6.07, 6.45) is 7.72. The number of aryl methyl sites for hydroxylation is 2. The molecule has 0 spiro atoms. The van der Waals surface area contributed by atoms with Crippen LogP contribution in [0.2, 0.25) is 0 Å². The molecule has 3 N–H and O–H groups in total. The van der Waals surface area contributed by atoms with Gasteiger partial charge in [0.2, 0.25) is 5.91 Å². The van der Waals surface area contributed by atoms with Crippen LogP contribution in [0.25, 0.3) is 56.5 Å². The number of amides is 1. The van der Waals surface area contributed by atoms with Crippen molar-refractivity contribution in [2.75, 3.05) is 6.54 Å². The highest BCUT2D eigenvalue weighted by molar-refractivity contribution is 5.97. The summed E-state index contributed by atoms with van der Waals surface area (Å²) in [7, 11) is 0. The van der Waals surface area contributed by atoms with E-state index in [0.29, 0.717) is 32.2 Å². The second kappa shape index (κ2) is 13.7. The van der Waals surface area contributed by atoms with Crippen LogP contribution >= 0.6 is 0 Å². The zero-order valence-electron chi connectivity index (χ0n) is 28.0. The molecule has 0 aliphatic carbocycles. The number of aromatic nitrogens is 4. The monoisotopic (exact) mass is 615 g/mol. The molecule has 0 atom stereocenters. The molecule has 0 unspecified atom stereocenters. The molecule has 7 heteroatoms. The van der Waals surface area contributed by atoms with Gasteiger partial charge < -0.3 is 20.1 Å². The fourth-order valence-electron chi connectivity index (χ4n) is 6.34. The summed E-state index contributed by atoms with van der Waals surface area (Å²) < 4.78 is 0. The Kier molecular flexibility index (Phi) is 9.71. The fraction of sp³-hybridized carbons (Fsp3) is 0.333. The van der Waals surface area contributed by atoms with Crippen LogP contribution in [0.3, 0.4) is 0 Å². The first-order chi connectivity index (χ1) is 22.1. The van der Waals surface area contributed by atoms with Crippen molar-refractivity contribution < 1.29 is 9.59 Å². The van der Waals surface area contributed by atoms with Crippen LogP contribution in [-0.2, 0) is 9.59 Å². The number of unbranched alkanes of at least 4 members (excludes halogenated alkanes) is 1. The van der Waals surface area contributed by atoms with E-state index in [9.17, 15) is 9.59 Å². The highest BCUT2D eigenvalue weighted by Gasteiger charge is 2.22. The summed E-state index contributed by atoms with van der Waals surface area (Å²) >= 11 is 0. The molecule has 5 heterocycles. The highest BCUT2D eigenvalue weighted by Crippen LogP contribution is 2.38. The predicted molar refractivity (Wildman–Crippen MR) is 193 cm³/mol. The fourth-order valence-corrected chi connectivity index (χ4v) is 6.34. The molecule has 5 rings (SSSR count). The topological polar surface area (TPSA) is 104 Å². The lowest BCUT2D eigenvalue weighted by Gasteiger charge is -2.07. The number of allylic oxidation sites excluding steroid dienone is 4. The Bertz CT molecular complexity index is 1980. The van der Waals surface area contributed by atoms with Crippen molar-refractivity contribution in [1.29, 1.82) is 0 Å². The van der Waals surface area contributed by atoms with Crippen molar-refractivity contribution in [3.8, 4) is 0 Å². The summed E-state index contributed by atoms with van der Waals surface area (Å²) in [6, 6.07) is 8.32. The molecule has 0 aromatic carbocycles. The van der Waals surface area contributed by atoms with E-state index in [1.165, 1.54) is 0 Å². The number of aromatic amines is 2.